The van der Waals surface area contributed by atoms with Gasteiger partial charge in [0.1, 0.15) is 30.1 Å². The fraction of sp³-hybridized carbons (Fsp3) is 0.591. The Kier molecular flexibility index (Phi) is 9.90. The average molecular weight is 528 g/mol. The summed E-state index contributed by atoms with van der Waals surface area (Å²) in [7, 11) is -4.48. The SMILES string of the molecule is CCC(C)[C@H](N)C(=O)NS(=O)(=O)OC[C@H]1OC[C@@H](OCCn2cc(-c3ccccc3)nn2)[C@H](O)[C@@H]1O. The Labute approximate surface area is 209 Å². The Morgan fingerprint density at radius 3 is 2.72 bits per heavy atom. The first-order valence-corrected chi connectivity index (χ1v) is 13.0. The lowest BCUT2D eigenvalue weighted by atomic mass is 10.00. The molecular weight excluding hydrogens is 494 g/mol. The number of ether oxygens (including phenoxy) is 2. The number of carbonyl (C=O) groups is 1. The highest BCUT2D eigenvalue weighted by Gasteiger charge is 2.40. The van der Waals surface area contributed by atoms with Gasteiger partial charge in [-0.1, -0.05) is 55.8 Å². The number of hydrogen-bond donors (Lipinski definition) is 4. The van der Waals surface area contributed by atoms with Crippen molar-refractivity contribution >= 4 is 16.2 Å². The van der Waals surface area contributed by atoms with E-state index in [2.05, 4.69) is 10.3 Å². The van der Waals surface area contributed by atoms with E-state index in [1.54, 1.807) is 22.5 Å². The maximum atomic E-state index is 12.1. The standard InChI is InChI=1S/C22H33N5O8S/c1-3-14(2)19(23)22(30)25-36(31,32)35-13-18-21(29)20(28)17(12-34-18)33-10-9-27-11-16(24-26-27)15-7-5-4-6-8-15/h4-8,11,14,17-21,28-29H,3,9-10,12-13,23H2,1-2H3,(H,25,30)/t14?,17-,18-,19+,20+,21-/m1/s1. The Hall–Kier alpha value is -2.46. The van der Waals surface area contributed by atoms with E-state index in [4.69, 9.17) is 19.4 Å². The minimum absolute atomic E-state index is 0.107. The predicted octanol–water partition coefficient (Wildman–Crippen LogP) is -0.798. The molecule has 1 unspecified atom stereocenters. The summed E-state index contributed by atoms with van der Waals surface area (Å²) in [5, 5.41) is 28.9. The molecule has 0 bridgehead atoms. The van der Waals surface area contributed by atoms with E-state index in [1.807, 2.05) is 37.3 Å². The number of hydrogen-bond acceptors (Lipinski definition) is 11. The molecule has 0 saturated carbocycles. The molecular formula is C22H33N5O8S. The highest BCUT2D eigenvalue weighted by molar-refractivity contribution is 7.85. The van der Waals surface area contributed by atoms with Crippen molar-refractivity contribution in [1.29, 1.82) is 0 Å². The molecule has 1 fully saturated rings. The largest absolute Gasteiger partial charge is 0.388 e. The number of nitrogens with two attached hydrogens (primary N) is 1. The predicted molar refractivity (Wildman–Crippen MR) is 127 cm³/mol. The smallest absolute Gasteiger partial charge is 0.362 e. The van der Waals surface area contributed by atoms with Gasteiger partial charge in [0, 0.05) is 5.56 Å². The van der Waals surface area contributed by atoms with Crippen LogP contribution in [0, 0.1) is 5.92 Å². The molecule has 14 heteroatoms. The summed E-state index contributed by atoms with van der Waals surface area (Å²) in [6, 6.07) is 8.53. The monoisotopic (exact) mass is 527 g/mol. The van der Waals surface area contributed by atoms with Crippen LogP contribution in [0.2, 0.25) is 0 Å². The van der Waals surface area contributed by atoms with E-state index in [9.17, 15) is 23.4 Å². The van der Waals surface area contributed by atoms with Gasteiger partial charge in [0.05, 0.1) is 38.6 Å². The van der Waals surface area contributed by atoms with Crippen LogP contribution in [0.25, 0.3) is 11.3 Å². The average Bonchev–Trinajstić information content (AvgIpc) is 3.34. The van der Waals surface area contributed by atoms with Crippen molar-refractivity contribution in [1.82, 2.24) is 19.7 Å². The second-order valence-corrected chi connectivity index (χ2v) is 9.96. The molecule has 3 rings (SSSR count). The third-order valence-electron chi connectivity index (χ3n) is 6.02. The molecule has 0 aliphatic carbocycles. The number of aliphatic hydroxyl groups excluding tert-OH is 2. The van der Waals surface area contributed by atoms with Crippen molar-refractivity contribution in [3.8, 4) is 11.3 Å². The second-order valence-electron chi connectivity index (χ2n) is 8.61. The highest BCUT2D eigenvalue weighted by Crippen LogP contribution is 2.19. The minimum Gasteiger partial charge on any atom is -0.388 e. The van der Waals surface area contributed by atoms with Crippen molar-refractivity contribution in [3.05, 3.63) is 36.5 Å². The normalized spacial score (nSPS) is 24.2. The van der Waals surface area contributed by atoms with Gasteiger partial charge in [-0.3, -0.25) is 8.98 Å². The van der Waals surface area contributed by atoms with E-state index in [0.717, 1.165) is 5.56 Å². The summed E-state index contributed by atoms with van der Waals surface area (Å²) in [5.74, 6) is -1.13. The molecule has 0 radical (unpaired) electrons. The molecule has 2 heterocycles. The summed E-state index contributed by atoms with van der Waals surface area (Å²) < 4.78 is 43.3. The Morgan fingerprint density at radius 1 is 1.31 bits per heavy atom. The van der Waals surface area contributed by atoms with Crippen LogP contribution in [-0.4, -0.2) is 89.8 Å². The lowest BCUT2D eigenvalue weighted by Crippen LogP contribution is -2.56. The molecule has 2 aromatic rings. The molecule has 13 nitrogen and oxygen atoms in total. The lowest BCUT2D eigenvalue weighted by molar-refractivity contribution is -0.207. The zero-order valence-electron chi connectivity index (χ0n) is 20.1. The Bertz CT molecular complexity index is 1080. The van der Waals surface area contributed by atoms with Crippen LogP contribution in [0.5, 0.6) is 0 Å². The molecule has 6 atom stereocenters. The van der Waals surface area contributed by atoms with Crippen molar-refractivity contribution < 1.29 is 37.1 Å². The maximum absolute atomic E-state index is 12.1. The molecule has 1 aliphatic rings. The Morgan fingerprint density at radius 2 is 2.03 bits per heavy atom. The molecule has 1 aromatic heterocycles. The van der Waals surface area contributed by atoms with Crippen LogP contribution >= 0.6 is 0 Å². The number of aromatic nitrogens is 3. The zero-order chi connectivity index (χ0) is 26.3. The number of nitrogens with one attached hydrogen (secondary N) is 1. The number of amides is 1. The highest BCUT2D eigenvalue weighted by atomic mass is 32.2. The summed E-state index contributed by atoms with van der Waals surface area (Å²) in [6.07, 6.45) is -2.47. The van der Waals surface area contributed by atoms with Gasteiger partial charge in [-0.2, -0.15) is 8.42 Å². The van der Waals surface area contributed by atoms with E-state index in [1.165, 1.54) is 0 Å². The van der Waals surface area contributed by atoms with Crippen LogP contribution < -0.4 is 10.5 Å². The third-order valence-corrected chi connectivity index (χ3v) is 6.92. The molecule has 0 spiro atoms. The molecule has 5 N–H and O–H groups in total. The number of nitrogens with zero attached hydrogens (tertiary/aromatic N) is 3. The van der Waals surface area contributed by atoms with Crippen molar-refractivity contribution in [2.24, 2.45) is 11.7 Å². The maximum Gasteiger partial charge on any atom is 0.362 e. The quantitative estimate of drug-likeness (QED) is 0.270. The summed E-state index contributed by atoms with van der Waals surface area (Å²) in [6.45, 7) is 3.33. The van der Waals surface area contributed by atoms with Crippen LogP contribution in [0.1, 0.15) is 20.3 Å². The second kappa shape index (κ2) is 12.7. The van der Waals surface area contributed by atoms with Gasteiger partial charge >= 0.3 is 10.3 Å². The van der Waals surface area contributed by atoms with Crippen molar-refractivity contribution in [2.75, 3.05) is 19.8 Å². The van der Waals surface area contributed by atoms with Gasteiger partial charge in [0.15, 0.2) is 0 Å². The van der Waals surface area contributed by atoms with Crippen LogP contribution in [0.15, 0.2) is 36.5 Å². The summed E-state index contributed by atoms with van der Waals surface area (Å²) in [5.41, 5.74) is 7.36. The van der Waals surface area contributed by atoms with Crippen LogP contribution in [-0.2, 0) is 35.3 Å². The fourth-order valence-corrected chi connectivity index (χ4v) is 4.24. The fourth-order valence-electron chi connectivity index (χ4n) is 3.49. The number of aliphatic hydroxyl groups is 2. The first-order chi connectivity index (χ1) is 17.1. The number of carbonyl (C=O) groups excluding carboxylic acids is 1. The first kappa shape index (κ1) is 28.1. The zero-order valence-corrected chi connectivity index (χ0v) is 21.0. The van der Waals surface area contributed by atoms with Crippen molar-refractivity contribution in [2.45, 2.75) is 57.3 Å². The van der Waals surface area contributed by atoms with Gasteiger partial charge in [-0.25, -0.2) is 9.40 Å². The van der Waals surface area contributed by atoms with Crippen LogP contribution in [0.3, 0.4) is 0 Å². The van der Waals surface area contributed by atoms with Gasteiger partial charge in [0.25, 0.3) is 5.91 Å². The molecule has 1 aliphatic heterocycles. The van der Waals surface area contributed by atoms with Crippen molar-refractivity contribution in [3.63, 3.8) is 0 Å². The molecule has 200 valence electrons. The summed E-state index contributed by atoms with van der Waals surface area (Å²) in [4.78, 5) is 12.0. The number of rotatable bonds is 12. The van der Waals surface area contributed by atoms with E-state index in [-0.39, 0.29) is 19.1 Å². The van der Waals surface area contributed by atoms with E-state index < -0.39 is 53.3 Å². The lowest BCUT2D eigenvalue weighted by Gasteiger charge is -2.37. The first-order valence-electron chi connectivity index (χ1n) is 11.6. The van der Waals surface area contributed by atoms with Gasteiger partial charge in [0.2, 0.25) is 0 Å². The van der Waals surface area contributed by atoms with Crippen LogP contribution in [0.4, 0.5) is 0 Å². The number of benzene rings is 1. The van der Waals surface area contributed by atoms with Gasteiger partial charge < -0.3 is 25.4 Å². The third kappa shape index (κ3) is 7.52. The molecule has 1 amide bonds. The topological polar surface area (TPSA) is 188 Å². The molecule has 1 aromatic carbocycles. The summed E-state index contributed by atoms with van der Waals surface area (Å²) >= 11 is 0. The minimum atomic E-state index is -4.48. The van der Waals surface area contributed by atoms with E-state index >= 15 is 0 Å². The van der Waals surface area contributed by atoms with Gasteiger partial charge in [-0.05, 0) is 5.92 Å². The van der Waals surface area contributed by atoms with Gasteiger partial charge in [-0.15, -0.1) is 5.10 Å². The Balaban J connectivity index is 1.43. The molecule has 1 saturated heterocycles. The van der Waals surface area contributed by atoms with E-state index in [0.29, 0.717) is 18.7 Å². The molecule has 36 heavy (non-hydrogen) atoms.